The number of carbonyl (C=O) groups excluding carboxylic acids is 2. The summed E-state index contributed by atoms with van der Waals surface area (Å²) >= 11 is 7.08. The van der Waals surface area contributed by atoms with Gasteiger partial charge in [0.2, 0.25) is 5.88 Å². The number of hydrogen-bond acceptors (Lipinski definition) is 7. The van der Waals surface area contributed by atoms with Crippen molar-refractivity contribution in [2.45, 2.75) is 18.7 Å². The van der Waals surface area contributed by atoms with Crippen LogP contribution in [-0.4, -0.2) is 40.9 Å². The molecule has 0 fully saturated rings. The number of aromatic hydroxyl groups is 1. The van der Waals surface area contributed by atoms with Crippen LogP contribution in [0.25, 0.3) is 11.8 Å². The summed E-state index contributed by atoms with van der Waals surface area (Å²) in [5.41, 5.74) is -0.292. The van der Waals surface area contributed by atoms with Crippen LogP contribution in [0.5, 0.6) is 11.6 Å². The van der Waals surface area contributed by atoms with E-state index in [0.29, 0.717) is 22.1 Å². The highest BCUT2D eigenvalue weighted by atomic mass is 35.5. The van der Waals surface area contributed by atoms with E-state index in [2.05, 4.69) is 0 Å². The molecular formula is C26H24ClNO6S. The Balaban J connectivity index is 2.24. The van der Waals surface area contributed by atoms with E-state index >= 15 is 0 Å². The molecule has 182 valence electrons. The van der Waals surface area contributed by atoms with Gasteiger partial charge in [-0.05, 0) is 60.7 Å². The number of esters is 1. The van der Waals surface area contributed by atoms with Gasteiger partial charge in [-0.2, -0.15) is 0 Å². The van der Waals surface area contributed by atoms with E-state index in [1.807, 2.05) is 6.92 Å². The van der Waals surface area contributed by atoms with E-state index in [-0.39, 0.29) is 28.3 Å². The fraction of sp³-hybridized carbons (Fsp3) is 0.192. The summed E-state index contributed by atoms with van der Waals surface area (Å²) in [6.07, 6.45) is 2.82. The van der Waals surface area contributed by atoms with Gasteiger partial charge in [0.15, 0.2) is 5.78 Å². The lowest BCUT2D eigenvalue weighted by Gasteiger charge is -2.18. The van der Waals surface area contributed by atoms with Crippen LogP contribution in [0.4, 0.5) is 0 Å². The molecule has 0 amide bonds. The molecular weight excluding hydrogens is 490 g/mol. The predicted molar refractivity (Wildman–Crippen MR) is 137 cm³/mol. The number of allylic oxidation sites excluding steroid dienone is 1. The molecule has 0 spiro atoms. The fourth-order valence-electron chi connectivity index (χ4n) is 3.34. The molecule has 1 aromatic heterocycles. The minimum absolute atomic E-state index is 0.0508. The number of ketones is 1. The topological polar surface area (TPSA) is 94.8 Å². The quantitative estimate of drug-likeness (QED) is 0.177. The van der Waals surface area contributed by atoms with E-state index in [9.17, 15) is 19.5 Å². The van der Waals surface area contributed by atoms with Crippen LogP contribution >= 0.6 is 23.4 Å². The van der Waals surface area contributed by atoms with Crippen molar-refractivity contribution in [3.05, 3.63) is 86.7 Å². The molecule has 1 N–H and O–H groups in total. The van der Waals surface area contributed by atoms with Gasteiger partial charge in [-0.25, -0.2) is 9.36 Å². The Morgan fingerprint density at radius 2 is 1.71 bits per heavy atom. The van der Waals surface area contributed by atoms with Gasteiger partial charge in [-0.3, -0.25) is 9.59 Å². The van der Waals surface area contributed by atoms with Gasteiger partial charge >= 0.3 is 5.97 Å². The smallest absolute Gasteiger partial charge is 0.344 e. The first-order chi connectivity index (χ1) is 16.8. The Bertz CT molecular complexity index is 1310. The van der Waals surface area contributed by atoms with Crippen molar-refractivity contribution in [3.63, 3.8) is 0 Å². The number of pyridine rings is 1. The zero-order valence-electron chi connectivity index (χ0n) is 19.4. The Labute approximate surface area is 212 Å². The summed E-state index contributed by atoms with van der Waals surface area (Å²) in [7, 11) is 1.55. The predicted octanol–water partition coefficient (Wildman–Crippen LogP) is 5.39. The number of thioether (sulfide) groups is 1. The van der Waals surface area contributed by atoms with Crippen molar-refractivity contribution < 1.29 is 24.2 Å². The number of rotatable bonds is 9. The molecule has 7 nitrogen and oxygen atoms in total. The second-order valence-electron chi connectivity index (χ2n) is 7.14. The van der Waals surface area contributed by atoms with Crippen LogP contribution in [0.3, 0.4) is 0 Å². The second kappa shape index (κ2) is 11.8. The highest BCUT2D eigenvalue weighted by Gasteiger charge is 2.30. The number of methoxy groups -OCH3 is 1. The van der Waals surface area contributed by atoms with Gasteiger partial charge in [0, 0.05) is 9.92 Å². The van der Waals surface area contributed by atoms with E-state index in [4.69, 9.17) is 21.1 Å². The van der Waals surface area contributed by atoms with Crippen LogP contribution in [0.15, 0.2) is 64.3 Å². The number of halogens is 1. The first-order valence-electron chi connectivity index (χ1n) is 10.8. The minimum Gasteiger partial charge on any atom is -0.497 e. The van der Waals surface area contributed by atoms with Crippen molar-refractivity contribution in [2.24, 2.45) is 0 Å². The number of ether oxygens (including phenoxy) is 2. The molecule has 0 saturated carbocycles. The molecule has 35 heavy (non-hydrogen) atoms. The average molecular weight is 514 g/mol. The monoisotopic (exact) mass is 513 g/mol. The zero-order chi connectivity index (χ0) is 25.5. The van der Waals surface area contributed by atoms with Crippen LogP contribution in [0.1, 0.15) is 40.1 Å². The lowest BCUT2D eigenvalue weighted by molar-refractivity contribution is 0.0517. The lowest BCUT2D eigenvalue weighted by Crippen LogP contribution is -2.29. The van der Waals surface area contributed by atoms with Gasteiger partial charge in [-0.1, -0.05) is 36.7 Å². The summed E-state index contributed by atoms with van der Waals surface area (Å²) in [5, 5.41) is 11.5. The van der Waals surface area contributed by atoms with Crippen molar-refractivity contribution in [3.8, 4) is 17.3 Å². The van der Waals surface area contributed by atoms with Gasteiger partial charge < -0.3 is 14.6 Å². The molecule has 0 radical (unpaired) electrons. The van der Waals surface area contributed by atoms with E-state index < -0.39 is 23.2 Å². The fourth-order valence-corrected chi connectivity index (χ4v) is 4.40. The highest BCUT2D eigenvalue weighted by molar-refractivity contribution is 7.99. The first kappa shape index (κ1) is 26.1. The Morgan fingerprint density at radius 1 is 1.06 bits per heavy atom. The maximum absolute atomic E-state index is 13.6. The normalized spacial score (nSPS) is 11.0. The standard InChI is InChI=1S/C26H24ClNO6S/c1-4-34-26(32)22-23(35-5-2)21(20(29)15-8-16-6-13-19(33-3)14-7-16)24(30)28(25(22)31)18-11-9-17(27)10-12-18/h6-15,31H,4-5H2,1-3H3/b15-8+. The first-order valence-corrected chi connectivity index (χ1v) is 12.1. The summed E-state index contributed by atoms with van der Waals surface area (Å²) in [6, 6.07) is 13.1. The maximum Gasteiger partial charge on any atom is 0.344 e. The minimum atomic E-state index is -0.836. The third-order valence-electron chi connectivity index (χ3n) is 4.95. The molecule has 3 rings (SSSR count). The average Bonchev–Trinajstić information content (AvgIpc) is 2.84. The molecule has 0 aliphatic heterocycles. The third-order valence-corrected chi connectivity index (χ3v) is 6.19. The molecule has 2 aromatic carbocycles. The molecule has 0 aliphatic carbocycles. The van der Waals surface area contributed by atoms with Crippen molar-refractivity contribution in [2.75, 3.05) is 19.5 Å². The van der Waals surface area contributed by atoms with Gasteiger partial charge in [-0.15, -0.1) is 11.8 Å². The zero-order valence-corrected chi connectivity index (χ0v) is 21.0. The number of carbonyl (C=O) groups is 2. The molecule has 3 aromatic rings. The number of nitrogens with zero attached hydrogens (tertiary/aromatic N) is 1. The summed E-state index contributed by atoms with van der Waals surface area (Å²) < 4.78 is 11.2. The Hall–Kier alpha value is -3.49. The summed E-state index contributed by atoms with van der Waals surface area (Å²) in [4.78, 5) is 39.8. The molecule has 0 bridgehead atoms. The molecule has 0 aliphatic rings. The Kier molecular flexibility index (Phi) is 8.78. The van der Waals surface area contributed by atoms with E-state index in [1.54, 1.807) is 44.4 Å². The number of aromatic nitrogens is 1. The van der Waals surface area contributed by atoms with Gasteiger partial charge in [0.25, 0.3) is 5.56 Å². The number of benzene rings is 2. The molecule has 9 heteroatoms. The van der Waals surface area contributed by atoms with Crippen LogP contribution in [0, 0.1) is 0 Å². The largest absolute Gasteiger partial charge is 0.497 e. The Morgan fingerprint density at radius 3 is 2.29 bits per heavy atom. The van der Waals surface area contributed by atoms with E-state index in [0.717, 1.165) is 16.3 Å². The third kappa shape index (κ3) is 5.78. The summed E-state index contributed by atoms with van der Waals surface area (Å²) in [6.45, 7) is 3.48. The second-order valence-corrected chi connectivity index (χ2v) is 8.85. The molecule has 0 saturated heterocycles. The van der Waals surface area contributed by atoms with Crippen LogP contribution < -0.4 is 10.3 Å². The summed E-state index contributed by atoms with van der Waals surface area (Å²) in [5.74, 6) is -0.952. The van der Waals surface area contributed by atoms with Crippen LogP contribution in [0.2, 0.25) is 5.02 Å². The highest BCUT2D eigenvalue weighted by Crippen LogP contribution is 2.34. The van der Waals surface area contributed by atoms with Gasteiger partial charge in [0.05, 0.1) is 19.4 Å². The molecule has 1 heterocycles. The van der Waals surface area contributed by atoms with Gasteiger partial charge in [0.1, 0.15) is 16.9 Å². The number of hydrogen-bond donors (Lipinski definition) is 1. The molecule has 0 atom stereocenters. The van der Waals surface area contributed by atoms with E-state index in [1.165, 1.54) is 30.3 Å². The van der Waals surface area contributed by atoms with Crippen molar-refractivity contribution >= 4 is 41.2 Å². The maximum atomic E-state index is 13.6. The van der Waals surface area contributed by atoms with Crippen molar-refractivity contribution in [1.29, 1.82) is 0 Å². The van der Waals surface area contributed by atoms with Crippen molar-refractivity contribution in [1.82, 2.24) is 4.57 Å². The SMILES string of the molecule is CCOC(=O)c1c(SCC)c(C(=O)/C=C/c2ccc(OC)cc2)c(=O)n(-c2ccc(Cl)cc2)c1O. The molecule has 0 unspecified atom stereocenters. The lowest BCUT2D eigenvalue weighted by atomic mass is 10.1. The van der Waals surface area contributed by atoms with Crippen LogP contribution in [-0.2, 0) is 4.74 Å².